The number of unbranched alkanes of at least 4 members (excludes halogenated alkanes) is 1. The fourth-order valence-electron chi connectivity index (χ4n) is 2.03. The molecule has 1 nitrogen and oxygen atoms in total. The van der Waals surface area contributed by atoms with Gasteiger partial charge in [0, 0.05) is 17.1 Å². The highest BCUT2D eigenvalue weighted by Crippen LogP contribution is 2.23. The Morgan fingerprint density at radius 2 is 1.78 bits per heavy atom. The summed E-state index contributed by atoms with van der Waals surface area (Å²) in [6.45, 7) is 14.0. The summed E-state index contributed by atoms with van der Waals surface area (Å²) in [5.41, 5.74) is 3.27. The fourth-order valence-corrected chi connectivity index (χ4v) is 2.03. The van der Waals surface area contributed by atoms with Crippen LogP contribution in [-0.4, -0.2) is 7.85 Å². The first-order valence-electron chi connectivity index (χ1n) is 7.70. The Morgan fingerprint density at radius 3 is 2.39 bits per heavy atom. The van der Waals surface area contributed by atoms with Crippen LogP contribution in [0.25, 0.3) is 0 Å². The predicted octanol–water partition coefficient (Wildman–Crippen LogP) is 5.67. The van der Waals surface area contributed by atoms with Crippen molar-refractivity contribution < 1.29 is 0 Å². The van der Waals surface area contributed by atoms with E-state index < -0.39 is 0 Å². The zero-order chi connectivity index (χ0) is 17.1. The summed E-state index contributed by atoms with van der Waals surface area (Å²) in [7, 11) is 6.00. The number of allylic oxidation sites excluding steroid dienone is 7. The molecule has 0 heterocycles. The first-order valence-corrected chi connectivity index (χ1v) is 7.70. The highest BCUT2D eigenvalue weighted by molar-refractivity contribution is 6.23. The SMILES string of the molecule is [B]C(/C=C\C(=C)N(C(=C)C=C)c1ccccc1)=C/CC/C=C\C. The van der Waals surface area contributed by atoms with Gasteiger partial charge in [-0.2, -0.15) is 0 Å². The Labute approximate surface area is 142 Å². The molecule has 0 aliphatic carbocycles. The minimum absolute atomic E-state index is 0.730. The Kier molecular flexibility index (Phi) is 8.31. The van der Waals surface area contributed by atoms with Crippen molar-refractivity contribution in [1.29, 1.82) is 0 Å². The lowest BCUT2D eigenvalue weighted by Crippen LogP contribution is -2.18. The van der Waals surface area contributed by atoms with Crippen LogP contribution in [0.5, 0.6) is 0 Å². The molecule has 1 rings (SSSR count). The molecule has 0 aliphatic heterocycles. The lowest BCUT2D eigenvalue weighted by molar-refractivity contribution is 1.05. The summed E-state index contributed by atoms with van der Waals surface area (Å²) in [6.07, 6.45) is 13.6. The quantitative estimate of drug-likeness (QED) is 0.246. The monoisotopic (exact) mass is 301 g/mol. The summed E-state index contributed by atoms with van der Waals surface area (Å²) in [5.74, 6) is 0. The first kappa shape index (κ1) is 18.6. The predicted molar refractivity (Wildman–Crippen MR) is 104 cm³/mol. The van der Waals surface area contributed by atoms with E-state index in [0.29, 0.717) is 0 Å². The molecule has 0 saturated carbocycles. The topological polar surface area (TPSA) is 3.24 Å². The van der Waals surface area contributed by atoms with Crippen LogP contribution < -0.4 is 4.90 Å². The maximum atomic E-state index is 6.00. The van der Waals surface area contributed by atoms with E-state index in [9.17, 15) is 0 Å². The number of nitrogens with zero attached hydrogens (tertiary/aromatic N) is 1. The molecule has 1 aromatic carbocycles. The van der Waals surface area contributed by atoms with Crippen molar-refractivity contribution in [2.24, 2.45) is 0 Å². The molecule has 0 saturated heterocycles. The smallest absolute Gasteiger partial charge is 0.113 e. The van der Waals surface area contributed by atoms with Gasteiger partial charge in [-0.1, -0.05) is 62.2 Å². The third-order valence-electron chi connectivity index (χ3n) is 3.24. The van der Waals surface area contributed by atoms with E-state index in [2.05, 4.69) is 25.8 Å². The normalized spacial score (nSPS) is 11.8. The van der Waals surface area contributed by atoms with Gasteiger partial charge in [0.05, 0.1) is 0 Å². The van der Waals surface area contributed by atoms with E-state index >= 15 is 0 Å². The maximum absolute atomic E-state index is 6.00. The number of benzene rings is 1. The van der Waals surface area contributed by atoms with Crippen molar-refractivity contribution in [3.8, 4) is 0 Å². The molecule has 2 radical (unpaired) electrons. The number of rotatable bonds is 9. The van der Waals surface area contributed by atoms with Gasteiger partial charge in [0.15, 0.2) is 0 Å². The van der Waals surface area contributed by atoms with E-state index in [0.717, 1.165) is 35.4 Å². The third kappa shape index (κ3) is 6.44. The van der Waals surface area contributed by atoms with Crippen molar-refractivity contribution in [2.45, 2.75) is 19.8 Å². The van der Waals surface area contributed by atoms with Crippen LogP contribution in [0.2, 0.25) is 0 Å². The number of hydrogen-bond donors (Lipinski definition) is 0. The zero-order valence-corrected chi connectivity index (χ0v) is 13.9. The van der Waals surface area contributed by atoms with Crippen LogP contribution >= 0.6 is 0 Å². The van der Waals surface area contributed by atoms with E-state index in [1.54, 1.807) is 6.08 Å². The van der Waals surface area contributed by atoms with Crippen molar-refractivity contribution >= 4 is 13.5 Å². The van der Waals surface area contributed by atoms with Crippen LogP contribution in [0.3, 0.4) is 0 Å². The molecule has 0 atom stereocenters. The molecule has 23 heavy (non-hydrogen) atoms. The average molecular weight is 301 g/mol. The van der Waals surface area contributed by atoms with E-state index in [-0.39, 0.29) is 0 Å². The van der Waals surface area contributed by atoms with Gasteiger partial charge in [0.2, 0.25) is 0 Å². The third-order valence-corrected chi connectivity index (χ3v) is 3.24. The van der Waals surface area contributed by atoms with E-state index in [1.807, 2.05) is 66.5 Å². The van der Waals surface area contributed by atoms with Gasteiger partial charge in [-0.3, -0.25) is 0 Å². The largest absolute Gasteiger partial charge is 0.312 e. The highest BCUT2D eigenvalue weighted by Gasteiger charge is 2.09. The van der Waals surface area contributed by atoms with Gasteiger partial charge in [0.25, 0.3) is 0 Å². The first-order chi connectivity index (χ1) is 11.1. The van der Waals surface area contributed by atoms with Crippen LogP contribution in [0.15, 0.2) is 103 Å². The molecule has 0 aromatic heterocycles. The number of hydrogen-bond acceptors (Lipinski definition) is 1. The maximum Gasteiger partial charge on any atom is 0.113 e. The van der Waals surface area contributed by atoms with Crippen LogP contribution in [0.4, 0.5) is 5.69 Å². The minimum atomic E-state index is 0.730. The summed E-state index contributed by atoms with van der Waals surface area (Å²) in [4.78, 5) is 1.94. The Morgan fingerprint density at radius 1 is 1.09 bits per heavy atom. The second-order valence-electron chi connectivity index (χ2n) is 5.04. The van der Waals surface area contributed by atoms with Gasteiger partial charge >= 0.3 is 0 Å². The molecule has 0 fully saturated rings. The highest BCUT2D eigenvalue weighted by atomic mass is 15.1. The van der Waals surface area contributed by atoms with Crippen LogP contribution in [-0.2, 0) is 0 Å². The molecule has 0 N–H and O–H groups in total. The zero-order valence-electron chi connectivity index (χ0n) is 13.9. The summed E-state index contributed by atoms with van der Waals surface area (Å²) < 4.78 is 0. The van der Waals surface area contributed by atoms with Gasteiger partial charge in [-0.25, -0.2) is 0 Å². The van der Waals surface area contributed by atoms with Crippen molar-refractivity contribution in [3.63, 3.8) is 0 Å². The minimum Gasteiger partial charge on any atom is -0.312 e. The molecule has 0 aliphatic rings. The second-order valence-corrected chi connectivity index (χ2v) is 5.04. The van der Waals surface area contributed by atoms with Gasteiger partial charge in [0.1, 0.15) is 7.85 Å². The van der Waals surface area contributed by atoms with E-state index in [4.69, 9.17) is 7.85 Å². The Hall–Kier alpha value is -2.48. The van der Waals surface area contributed by atoms with Crippen LogP contribution in [0.1, 0.15) is 19.8 Å². The molecule has 0 unspecified atom stereocenters. The van der Waals surface area contributed by atoms with Crippen molar-refractivity contribution in [3.05, 3.63) is 103 Å². The Balaban J connectivity index is 2.84. The standard InChI is InChI=1S/C21H24BN/c1-5-7-8-10-13-20(22)17-16-19(4)23(18(3)6-2)21-14-11-9-12-15-21/h5-7,9,11-17H,2-4,8,10H2,1H3/b7-5-,17-16-,20-13+. The number of anilines is 1. The summed E-state index contributed by atoms with van der Waals surface area (Å²) in [6, 6.07) is 9.94. The molecule has 2 heteroatoms. The van der Waals surface area contributed by atoms with Gasteiger partial charge in [-0.15, -0.1) is 5.47 Å². The van der Waals surface area contributed by atoms with Crippen molar-refractivity contribution in [2.75, 3.05) is 4.90 Å². The Bertz CT molecular complexity index is 621. The molecule has 1 aromatic rings. The lowest BCUT2D eigenvalue weighted by atomic mass is 9.93. The number of para-hydroxylation sites is 1. The average Bonchev–Trinajstić information content (AvgIpc) is 2.58. The van der Waals surface area contributed by atoms with E-state index in [1.165, 1.54) is 0 Å². The summed E-state index contributed by atoms with van der Waals surface area (Å²) in [5, 5.41) is 0. The fraction of sp³-hybridized carbons (Fsp3) is 0.143. The summed E-state index contributed by atoms with van der Waals surface area (Å²) >= 11 is 0. The molecule has 0 spiro atoms. The second kappa shape index (κ2) is 10.3. The lowest BCUT2D eigenvalue weighted by Gasteiger charge is -2.25. The van der Waals surface area contributed by atoms with Gasteiger partial charge < -0.3 is 4.90 Å². The molecular weight excluding hydrogens is 277 g/mol. The van der Waals surface area contributed by atoms with Crippen molar-refractivity contribution in [1.82, 2.24) is 0 Å². The van der Waals surface area contributed by atoms with Gasteiger partial charge in [-0.05, 0) is 44.1 Å². The molecule has 0 amide bonds. The molecular formula is C21H24BN. The van der Waals surface area contributed by atoms with Crippen LogP contribution in [0, 0.1) is 0 Å². The molecule has 0 bridgehead atoms. The molecule has 116 valence electrons.